The van der Waals surface area contributed by atoms with Crippen molar-refractivity contribution in [2.45, 2.75) is 69.7 Å². The fourth-order valence-electron chi connectivity index (χ4n) is 1.81. The lowest BCUT2D eigenvalue weighted by Crippen LogP contribution is -2.02. The van der Waals surface area contributed by atoms with Crippen molar-refractivity contribution < 1.29 is 0 Å². The van der Waals surface area contributed by atoms with Crippen LogP contribution in [0.2, 0.25) is 0 Å². The van der Waals surface area contributed by atoms with Crippen molar-refractivity contribution in [1.82, 2.24) is 0 Å². The van der Waals surface area contributed by atoms with Crippen molar-refractivity contribution in [2.75, 3.05) is 0 Å². The highest BCUT2D eigenvalue weighted by Gasteiger charge is 2.14. The Hall–Kier alpha value is -1.04. The lowest BCUT2D eigenvalue weighted by Gasteiger charge is -2.15. The van der Waals surface area contributed by atoms with Crippen LogP contribution in [0.4, 0.5) is 0 Å². The molecule has 0 amide bonds. The van der Waals surface area contributed by atoms with Crippen LogP contribution in [0.5, 0.6) is 0 Å². The average Bonchev–Trinajstić information content (AvgIpc) is 2.50. The summed E-state index contributed by atoms with van der Waals surface area (Å²) >= 11 is 0. The Balaban J connectivity index is -0.000000467. The largest absolute Gasteiger partial charge is 0.0841 e. The molecule has 0 saturated heterocycles. The molecule has 0 saturated carbocycles. The molecule has 0 aromatic carbocycles. The first kappa shape index (κ1) is 23.1. The second-order valence-corrected chi connectivity index (χ2v) is 4.56. The van der Waals surface area contributed by atoms with Crippen molar-refractivity contribution in [3.63, 3.8) is 0 Å². The highest BCUT2D eigenvalue weighted by molar-refractivity contribution is 5.48. The molecule has 0 N–H and O–H groups in total. The summed E-state index contributed by atoms with van der Waals surface area (Å²) in [7, 11) is 0. The van der Waals surface area contributed by atoms with Gasteiger partial charge < -0.3 is 0 Å². The Morgan fingerprint density at radius 1 is 1.11 bits per heavy atom. The van der Waals surface area contributed by atoms with Crippen LogP contribution in [0.25, 0.3) is 0 Å². The van der Waals surface area contributed by atoms with Gasteiger partial charge in [-0.1, -0.05) is 79.3 Å². The van der Waals surface area contributed by atoms with Gasteiger partial charge in [0.1, 0.15) is 0 Å². The summed E-state index contributed by atoms with van der Waals surface area (Å²) in [6.07, 6.45) is 11.1. The number of hydrogen-bond acceptors (Lipinski definition) is 0. The van der Waals surface area contributed by atoms with Crippen LogP contribution in [0.15, 0.2) is 47.1 Å². The first-order valence-electron chi connectivity index (χ1n) is 7.19. The molecule has 0 unspecified atom stereocenters. The van der Waals surface area contributed by atoms with E-state index in [4.69, 9.17) is 0 Å². The number of allylic oxidation sites excluding steroid dienone is 8. The van der Waals surface area contributed by atoms with Crippen molar-refractivity contribution >= 4 is 0 Å². The van der Waals surface area contributed by atoms with E-state index in [2.05, 4.69) is 65.0 Å². The minimum atomic E-state index is 0. The molecule has 1 rings (SSSR count). The van der Waals surface area contributed by atoms with E-state index in [1.54, 1.807) is 0 Å². The number of hydrogen-bond donors (Lipinski definition) is 0. The summed E-state index contributed by atoms with van der Waals surface area (Å²) in [4.78, 5) is 0. The van der Waals surface area contributed by atoms with Crippen molar-refractivity contribution in [1.29, 1.82) is 0 Å². The Bertz CT molecular complexity index is 333. The molecule has 0 aromatic rings. The van der Waals surface area contributed by atoms with Gasteiger partial charge in [-0.05, 0) is 37.5 Å². The minimum absolute atomic E-state index is 0. The summed E-state index contributed by atoms with van der Waals surface area (Å²) < 4.78 is 0. The van der Waals surface area contributed by atoms with E-state index in [0.29, 0.717) is 0 Å². The molecule has 0 fully saturated rings. The maximum Gasteiger partial charge on any atom is 0.00134 e. The van der Waals surface area contributed by atoms with Gasteiger partial charge >= 0.3 is 0 Å². The Labute approximate surface area is 123 Å². The topological polar surface area (TPSA) is 0 Å². The molecule has 19 heavy (non-hydrogen) atoms. The molecule has 1 aliphatic carbocycles. The van der Waals surface area contributed by atoms with Gasteiger partial charge in [-0.15, -0.1) is 0 Å². The van der Waals surface area contributed by atoms with E-state index in [1.807, 2.05) is 27.7 Å². The zero-order chi connectivity index (χ0) is 14.8. The van der Waals surface area contributed by atoms with E-state index in [9.17, 15) is 0 Å². The molecule has 1 aliphatic rings. The smallest absolute Gasteiger partial charge is 0.00134 e. The molecule has 0 heteroatoms. The molecule has 0 radical (unpaired) electrons. The molecular weight excluding hydrogens is 228 g/mol. The first-order valence-corrected chi connectivity index (χ1v) is 7.19. The normalized spacial score (nSPS) is 16.4. The quantitative estimate of drug-likeness (QED) is 0.473. The van der Waals surface area contributed by atoms with Crippen LogP contribution >= 0.6 is 0 Å². The zero-order valence-corrected chi connectivity index (χ0v) is 13.9. The van der Waals surface area contributed by atoms with Gasteiger partial charge in [-0.25, -0.2) is 0 Å². The van der Waals surface area contributed by atoms with Crippen LogP contribution in [-0.2, 0) is 0 Å². The maximum atomic E-state index is 2.33. The summed E-state index contributed by atoms with van der Waals surface area (Å²) in [5, 5.41) is 0. The second-order valence-electron chi connectivity index (χ2n) is 4.56. The lowest BCUT2D eigenvalue weighted by molar-refractivity contribution is 0.623. The van der Waals surface area contributed by atoms with Gasteiger partial charge in [-0.2, -0.15) is 0 Å². The van der Waals surface area contributed by atoms with Gasteiger partial charge in [0, 0.05) is 5.41 Å². The molecular formula is C19H36. The lowest BCUT2D eigenvalue weighted by atomic mass is 9.89. The molecule has 0 heterocycles. The SMILES string of the molecule is C.C/C=C(/C)C1=CC=CC(C)(C)C=C1C.CC.CC. The summed E-state index contributed by atoms with van der Waals surface area (Å²) in [5.74, 6) is 0. The van der Waals surface area contributed by atoms with Gasteiger partial charge in [-0.3, -0.25) is 0 Å². The molecule has 0 atom stereocenters. The van der Waals surface area contributed by atoms with Crippen molar-refractivity contribution in [2.24, 2.45) is 5.41 Å². The average molecular weight is 264 g/mol. The Morgan fingerprint density at radius 2 is 1.58 bits per heavy atom. The van der Waals surface area contributed by atoms with Crippen molar-refractivity contribution in [3.8, 4) is 0 Å². The summed E-state index contributed by atoms with van der Waals surface area (Å²) in [6, 6.07) is 0. The first-order chi connectivity index (χ1) is 8.46. The van der Waals surface area contributed by atoms with E-state index in [0.717, 1.165) is 0 Å². The zero-order valence-electron chi connectivity index (χ0n) is 13.9. The molecule has 112 valence electrons. The maximum absolute atomic E-state index is 2.33. The molecule has 0 spiro atoms. The third kappa shape index (κ3) is 8.64. The summed E-state index contributed by atoms with van der Waals surface area (Å²) in [5.41, 5.74) is 4.25. The minimum Gasteiger partial charge on any atom is -0.0841 e. The van der Waals surface area contributed by atoms with Gasteiger partial charge in [0.05, 0.1) is 0 Å². The van der Waals surface area contributed by atoms with E-state index in [-0.39, 0.29) is 12.8 Å². The fourth-order valence-corrected chi connectivity index (χ4v) is 1.81. The summed E-state index contributed by atoms with van der Waals surface area (Å²) in [6.45, 7) is 18.9. The van der Waals surface area contributed by atoms with E-state index in [1.165, 1.54) is 16.7 Å². The Kier molecular flexibility index (Phi) is 14.6. The van der Waals surface area contributed by atoms with Gasteiger partial charge in [0.15, 0.2) is 0 Å². The third-order valence-electron chi connectivity index (χ3n) is 2.66. The van der Waals surface area contributed by atoms with Crippen LogP contribution < -0.4 is 0 Å². The standard InChI is InChI=1S/C14H20.2C2H6.CH4/c1-6-11(2)13-8-7-9-14(4,5)10-12(13)3;2*1-2;/h6-10H,1-5H3;2*1-2H3;1H4/b11-6-;;;. The monoisotopic (exact) mass is 264 g/mol. The predicted octanol–water partition coefficient (Wildman–Crippen LogP) is 7.11. The van der Waals surface area contributed by atoms with Crippen LogP contribution in [0.3, 0.4) is 0 Å². The van der Waals surface area contributed by atoms with E-state index < -0.39 is 0 Å². The molecule has 0 nitrogen and oxygen atoms in total. The van der Waals surface area contributed by atoms with Crippen LogP contribution in [0.1, 0.15) is 69.7 Å². The molecule has 0 aromatic heterocycles. The highest BCUT2D eigenvalue weighted by atomic mass is 14.2. The van der Waals surface area contributed by atoms with Gasteiger partial charge in [0.25, 0.3) is 0 Å². The third-order valence-corrected chi connectivity index (χ3v) is 2.66. The van der Waals surface area contributed by atoms with Crippen molar-refractivity contribution in [3.05, 3.63) is 47.1 Å². The van der Waals surface area contributed by atoms with Gasteiger partial charge in [0.2, 0.25) is 0 Å². The van der Waals surface area contributed by atoms with Crippen LogP contribution in [-0.4, -0.2) is 0 Å². The predicted molar refractivity (Wildman–Crippen MR) is 93.6 cm³/mol. The highest BCUT2D eigenvalue weighted by Crippen LogP contribution is 2.29. The number of rotatable bonds is 1. The molecule has 0 aliphatic heterocycles. The van der Waals surface area contributed by atoms with Crippen LogP contribution in [0, 0.1) is 5.41 Å². The van der Waals surface area contributed by atoms with E-state index >= 15 is 0 Å². The Morgan fingerprint density at radius 3 is 2.00 bits per heavy atom. The molecule has 0 bridgehead atoms. The second kappa shape index (κ2) is 12.0. The fraction of sp³-hybridized carbons (Fsp3) is 0.579.